The number of halogens is 2. The van der Waals surface area contributed by atoms with E-state index in [-0.39, 0.29) is 28.1 Å². The van der Waals surface area contributed by atoms with Crippen LogP contribution in [-0.4, -0.2) is 51.5 Å². The van der Waals surface area contributed by atoms with Gasteiger partial charge < -0.3 is 24.6 Å². The molecule has 1 fully saturated rings. The number of aromatic hydroxyl groups is 1. The minimum atomic E-state index is -0.515. The van der Waals surface area contributed by atoms with E-state index in [0.29, 0.717) is 28.1 Å². The highest BCUT2D eigenvalue weighted by Crippen LogP contribution is 2.43. The molecule has 1 aliphatic heterocycles. The lowest BCUT2D eigenvalue weighted by Gasteiger charge is -2.28. The second-order valence-electron chi connectivity index (χ2n) is 9.52. The van der Waals surface area contributed by atoms with Crippen LogP contribution in [0.3, 0.4) is 0 Å². The summed E-state index contributed by atoms with van der Waals surface area (Å²) in [6, 6.07) is 9.43. The molecule has 0 radical (unpaired) electrons. The summed E-state index contributed by atoms with van der Waals surface area (Å²) >= 11 is 6.70. The van der Waals surface area contributed by atoms with Gasteiger partial charge in [-0.05, 0) is 61.4 Å². The molecule has 2 aromatic heterocycles. The number of aromatic nitrogens is 3. The Labute approximate surface area is 224 Å². The molecule has 38 heavy (non-hydrogen) atoms. The Morgan fingerprint density at radius 3 is 2.45 bits per heavy atom. The summed E-state index contributed by atoms with van der Waals surface area (Å²) in [6.07, 6.45) is 4.67. The molecule has 0 unspecified atom stereocenters. The van der Waals surface area contributed by atoms with E-state index >= 15 is 0 Å². The molecule has 0 aliphatic carbocycles. The lowest BCUT2D eigenvalue weighted by atomic mass is 9.96. The van der Waals surface area contributed by atoms with Crippen LogP contribution in [0.25, 0.3) is 27.9 Å². The number of ether oxygens (including phenoxy) is 1. The van der Waals surface area contributed by atoms with Crippen molar-refractivity contribution < 1.29 is 14.2 Å². The number of benzene rings is 2. The number of hydrogen-bond donors (Lipinski definition) is 2. The smallest absolute Gasteiger partial charge is 0.332 e. The zero-order chi connectivity index (χ0) is 27.0. The number of phenolic OH excluding ortho intramolecular Hbond substituents is 1. The number of aryl methyl sites for hydroxylation is 1. The molecule has 8 nitrogen and oxygen atoms in total. The second kappa shape index (κ2) is 10.5. The fourth-order valence-corrected chi connectivity index (χ4v) is 4.94. The molecule has 198 valence electrons. The molecule has 2 N–H and O–H groups in total. The first-order chi connectivity index (χ1) is 18.2. The number of nitrogens with one attached hydrogen (secondary N) is 1. The monoisotopic (exact) mass is 537 g/mol. The Kier molecular flexibility index (Phi) is 7.14. The number of piperazine rings is 1. The van der Waals surface area contributed by atoms with Gasteiger partial charge in [0, 0.05) is 62.9 Å². The van der Waals surface area contributed by atoms with Crippen LogP contribution in [0.15, 0.2) is 59.8 Å². The average molecular weight is 538 g/mol. The average Bonchev–Trinajstić information content (AvgIpc) is 3.22. The van der Waals surface area contributed by atoms with Crippen LogP contribution < -0.4 is 20.6 Å². The maximum atomic E-state index is 15.0. The topological polar surface area (TPSA) is 84.6 Å². The van der Waals surface area contributed by atoms with E-state index in [1.54, 1.807) is 43.8 Å². The highest BCUT2D eigenvalue weighted by molar-refractivity contribution is 6.33. The first kappa shape index (κ1) is 25.8. The van der Waals surface area contributed by atoms with Gasteiger partial charge in [0.15, 0.2) is 0 Å². The summed E-state index contributed by atoms with van der Waals surface area (Å²) in [5, 5.41) is 14.9. The van der Waals surface area contributed by atoms with E-state index in [0.717, 1.165) is 32.0 Å². The summed E-state index contributed by atoms with van der Waals surface area (Å²) in [5.74, 6) is 0.493. The molecule has 0 spiro atoms. The summed E-state index contributed by atoms with van der Waals surface area (Å²) in [5.41, 5.74) is 1.77. The molecule has 3 heterocycles. The zero-order valence-electron chi connectivity index (χ0n) is 21.4. The Balaban J connectivity index is 1.63. The largest absolute Gasteiger partial charge is 0.507 e. The first-order valence-corrected chi connectivity index (χ1v) is 12.8. The maximum Gasteiger partial charge on any atom is 0.332 e. The SMILES string of the molecule is CC(C)Oc1cc(-c2cc(F)cc(-c3ccnc(N4CCNCC4)c3)c2O)cc(Cl)c1-n1ccn(C)c1=O. The van der Waals surface area contributed by atoms with E-state index < -0.39 is 5.82 Å². The van der Waals surface area contributed by atoms with Gasteiger partial charge in [-0.15, -0.1) is 0 Å². The second-order valence-corrected chi connectivity index (χ2v) is 9.93. The number of hydrogen-bond acceptors (Lipinski definition) is 6. The molecule has 0 atom stereocenters. The molecule has 0 saturated carbocycles. The van der Waals surface area contributed by atoms with Crippen molar-refractivity contribution in [2.45, 2.75) is 20.0 Å². The predicted molar refractivity (Wildman–Crippen MR) is 147 cm³/mol. The van der Waals surface area contributed by atoms with Crippen LogP contribution in [0.5, 0.6) is 11.5 Å². The molecule has 1 aliphatic rings. The van der Waals surface area contributed by atoms with Gasteiger partial charge in [-0.1, -0.05) is 11.6 Å². The van der Waals surface area contributed by atoms with Crippen molar-refractivity contribution in [3.63, 3.8) is 0 Å². The Bertz CT molecular complexity index is 1540. The molecule has 10 heteroatoms. The highest BCUT2D eigenvalue weighted by atomic mass is 35.5. The summed E-state index contributed by atoms with van der Waals surface area (Å²) < 4.78 is 23.8. The number of anilines is 1. The Morgan fingerprint density at radius 2 is 1.79 bits per heavy atom. The van der Waals surface area contributed by atoms with Crippen molar-refractivity contribution in [2.75, 3.05) is 31.1 Å². The van der Waals surface area contributed by atoms with Gasteiger partial charge in [0.25, 0.3) is 0 Å². The Morgan fingerprint density at radius 1 is 1.08 bits per heavy atom. The van der Waals surface area contributed by atoms with Gasteiger partial charge in [-0.2, -0.15) is 0 Å². The van der Waals surface area contributed by atoms with Crippen LogP contribution in [0.4, 0.5) is 10.2 Å². The van der Waals surface area contributed by atoms with Crippen molar-refractivity contribution in [3.05, 3.63) is 76.3 Å². The lowest BCUT2D eigenvalue weighted by Crippen LogP contribution is -2.43. The van der Waals surface area contributed by atoms with Crippen LogP contribution in [0.2, 0.25) is 5.02 Å². The van der Waals surface area contributed by atoms with E-state index in [1.165, 1.54) is 21.3 Å². The van der Waals surface area contributed by atoms with Crippen molar-refractivity contribution in [1.29, 1.82) is 0 Å². The van der Waals surface area contributed by atoms with Gasteiger partial charge in [0.05, 0.1) is 11.1 Å². The van der Waals surface area contributed by atoms with E-state index in [9.17, 15) is 14.3 Å². The number of rotatable bonds is 6. The van der Waals surface area contributed by atoms with Gasteiger partial charge in [0.2, 0.25) is 0 Å². The molecule has 1 saturated heterocycles. The van der Waals surface area contributed by atoms with Gasteiger partial charge in [-0.25, -0.2) is 14.2 Å². The maximum absolute atomic E-state index is 15.0. The fourth-order valence-electron chi connectivity index (χ4n) is 4.63. The number of pyridine rings is 1. The summed E-state index contributed by atoms with van der Waals surface area (Å²) in [7, 11) is 1.64. The first-order valence-electron chi connectivity index (χ1n) is 12.4. The van der Waals surface area contributed by atoms with Crippen LogP contribution in [-0.2, 0) is 7.05 Å². The van der Waals surface area contributed by atoms with Crippen molar-refractivity contribution in [2.24, 2.45) is 7.05 Å². The number of phenols is 1. The van der Waals surface area contributed by atoms with E-state index in [1.807, 2.05) is 19.9 Å². The van der Waals surface area contributed by atoms with Crippen molar-refractivity contribution in [1.82, 2.24) is 19.4 Å². The summed E-state index contributed by atoms with van der Waals surface area (Å²) in [6.45, 7) is 7.04. The fraction of sp³-hybridized carbons (Fsp3) is 0.286. The van der Waals surface area contributed by atoms with Crippen molar-refractivity contribution in [3.8, 4) is 39.4 Å². The molecule has 4 aromatic rings. The third-order valence-corrected chi connectivity index (χ3v) is 6.75. The quantitative estimate of drug-likeness (QED) is 0.374. The zero-order valence-corrected chi connectivity index (χ0v) is 22.2. The predicted octanol–water partition coefficient (Wildman–Crippen LogP) is 4.60. The number of nitrogens with zero attached hydrogens (tertiary/aromatic N) is 4. The molecule has 5 rings (SSSR count). The van der Waals surface area contributed by atoms with E-state index in [4.69, 9.17) is 16.3 Å². The molecule has 0 amide bonds. The van der Waals surface area contributed by atoms with Crippen LogP contribution in [0.1, 0.15) is 13.8 Å². The Hall–Kier alpha value is -3.82. The van der Waals surface area contributed by atoms with Gasteiger partial charge in [-0.3, -0.25) is 4.57 Å². The highest BCUT2D eigenvalue weighted by Gasteiger charge is 2.21. The molecule has 2 aromatic carbocycles. The molecular formula is C28H29ClFN5O3. The lowest BCUT2D eigenvalue weighted by molar-refractivity contribution is 0.242. The minimum Gasteiger partial charge on any atom is -0.507 e. The van der Waals surface area contributed by atoms with E-state index in [2.05, 4.69) is 15.2 Å². The molecule has 0 bridgehead atoms. The third kappa shape index (κ3) is 4.99. The van der Waals surface area contributed by atoms with Crippen molar-refractivity contribution >= 4 is 17.4 Å². The third-order valence-electron chi connectivity index (χ3n) is 6.46. The van der Waals surface area contributed by atoms with Crippen LogP contribution >= 0.6 is 11.6 Å². The molecular weight excluding hydrogens is 509 g/mol. The normalized spacial score (nSPS) is 13.8. The minimum absolute atomic E-state index is 0.0972. The standard InChI is InChI=1S/C28H29ClFN5O3/c1-17(2)38-24-13-19(12-23(29)26(24)35-11-10-33(3)28(35)37)22-16-20(30)15-21(27(22)36)18-4-5-32-25(14-18)34-8-6-31-7-9-34/h4-5,10-17,31,36H,6-9H2,1-3H3. The van der Waals surface area contributed by atoms with Gasteiger partial charge in [0.1, 0.15) is 28.8 Å². The van der Waals surface area contributed by atoms with Crippen LogP contribution in [0, 0.1) is 5.82 Å². The summed E-state index contributed by atoms with van der Waals surface area (Å²) in [4.78, 5) is 19.3. The van der Waals surface area contributed by atoms with Gasteiger partial charge >= 0.3 is 5.69 Å². The number of imidazole rings is 1.